The normalized spacial score (nSPS) is 15.3. The van der Waals surface area contributed by atoms with Gasteiger partial charge in [-0.1, -0.05) is 39.0 Å². The monoisotopic (exact) mass is 356 g/mol. The molecule has 1 aliphatic rings. The molecule has 1 aromatic carbocycles. The highest BCUT2D eigenvalue weighted by atomic mass is 16.1. The smallest absolute Gasteiger partial charge is 0.224 e. The van der Waals surface area contributed by atoms with Crippen molar-refractivity contribution in [2.24, 2.45) is 0 Å². The van der Waals surface area contributed by atoms with Crippen LogP contribution in [-0.4, -0.2) is 30.0 Å². The highest BCUT2D eigenvalue weighted by Crippen LogP contribution is 2.34. The molecular weight excluding hydrogens is 324 g/mol. The predicted molar refractivity (Wildman–Crippen MR) is 109 cm³/mol. The molecular formula is C21H32N4O. The Balaban J connectivity index is 1.84. The van der Waals surface area contributed by atoms with Gasteiger partial charge in [-0.15, -0.1) is 0 Å². The lowest BCUT2D eigenvalue weighted by atomic mass is 9.89. The van der Waals surface area contributed by atoms with Crippen molar-refractivity contribution in [3.8, 4) is 0 Å². The Hall–Kier alpha value is -2.04. The summed E-state index contributed by atoms with van der Waals surface area (Å²) in [6, 6.07) is 4.13. The molecule has 3 rings (SSSR count). The average molecular weight is 357 g/mol. The maximum atomic E-state index is 12.3. The van der Waals surface area contributed by atoms with Crippen LogP contribution < -0.4 is 10.2 Å². The van der Waals surface area contributed by atoms with Crippen molar-refractivity contribution < 1.29 is 4.79 Å². The van der Waals surface area contributed by atoms with Crippen LogP contribution in [0.15, 0.2) is 12.1 Å². The molecule has 26 heavy (non-hydrogen) atoms. The van der Waals surface area contributed by atoms with Gasteiger partial charge in [0, 0.05) is 26.4 Å². The highest BCUT2D eigenvalue weighted by molar-refractivity contribution is 5.98. The predicted octanol–water partition coefficient (Wildman–Crippen LogP) is 5.20. The van der Waals surface area contributed by atoms with E-state index in [0.717, 1.165) is 47.5 Å². The summed E-state index contributed by atoms with van der Waals surface area (Å²) in [7, 11) is 4.01. The number of unbranched alkanes of at least 4 members (excludes halogenated alkanes) is 2. The van der Waals surface area contributed by atoms with Crippen LogP contribution in [0.25, 0.3) is 11.0 Å². The number of imidazole rings is 1. The van der Waals surface area contributed by atoms with Gasteiger partial charge in [0.25, 0.3) is 0 Å². The summed E-state index contributed by atoms with van der Waals surface area (Å²) in [5.41, 5.74) is 3.86. The Morgan fingerprint density at radius 1 is 1.23 bits per heavy atom. The summed E-state index contributed by atoms with van der Waals surface area (Å²) < 4.78 is 0. The first-order valence-corrected chi connectivity index (χ1v) is 10.1. The average Bonchev–Trinajstić information content (AvgIpc) is 3.05. The highest BCUT2D eigenvalue weighted by Gasteiger charge is 2.20. The number of fused-ring (bicyclic) bond motifs is 1. The van der Waals surface area contributed by atoms with Crippen molar-refractivity contribution in [1.82, 2.24) is 9.97 Å². The minimum absolute atomic E-state index is 0.0907. The Labute approximate surface area is 156 Å². The van der Waals surface area contributed by atoms with E-state index < -0.39 is 0 Å². The number of aromatic nitrogens is 2. The molecule has 1 fully saturated rings. The van der Waals surface area contributed by atoms with Crippen LogP contribution in [0.2, 0.25) is 0 Å². The molecule has 1 heterocycles. The molecule has 0 atom stereocenters. The summed E-state index contributed by atoms with van der Waals surface area (Å²) in [6.07, 6.45) is 10.1. The van der Waals surface area contributed by atoms with Crippen molar-refractivity contribution in [3.63, 3.8) is 0 Å². The third kappa shape index (κ3) is 4.37. The first-order chi connectivity index (χ1) is 12.6. The van der Waals surface area contributed by atoms with E-state index >= 15 is 0 Å². The van der Waals surface area contributed by atoms with Gasteiger partial charge in [0.1, 0.15) is 5.82 Å². The molecule has 2 aromatic rings. The van der Waals surface area contributed by atoms with Crippen LogP contribution in [0.4, 0.5) is 11.4 Å². The lowest BCUT2D eigenvalue weighted by Gasteiger charge is -2.18. The van der Waals surface area contributed by atoms with Gasteiger partial charge in [0.05, 0.1) is 22.4 Å². The molecule has 5 heteroatoms. The molecule has 2 N–H and O–H groups in total. The van der Waals surface area contributed by atoms with E-state index in [9.17, 15) is 4.79 Å². The second-order valence-corrected chi connectivity index (χ2v) is 7.74. The summed E-state index contributed by atoms with van der Waals surface area (Å²) in [5, 5.41) is 3.10. The number of hydrogen-bond donors (Lipinski definition) is 2. The van der Waals surface area contributed by atoms with Gasteiger partial charge in [-0.2, -0.15) is 0 Å². The maximum absolute atomic E-state index is 12.3. The second-order valence-electron chi connectivity index (χ2n) is 7.74. The number of amides is 1. The zero-order chi connectivity index (χ0) is 18.5. The van der Waals surface area contributed by atoms with Gasteiger partial charge in [0.2, 0.25) is 5.91 Å². The number of hydrogen-bond acceptors (Lipinski definition) is 3. The van der Waals surface area contributed by atoms with Crippen LogP contribution in [-0.2, 0) is 4.79 Å². The van der Waals surface area contributed by atoms with Crippen LogP contribution in [0.3, 0.4) is 0 Å². The Bertz CT molecular complexity index is 744. The Morgan fingerprint density at radius 2 is 2.00 bits per heavy atom. The van der Waals surface area contributed by atoms with E-state index in [0.29, 0.717) is 12.3 Å². The minimum atomic E-state index is 0.0907. The van der Waals surface area contributed by atoms with Crippen LogP contribution in [0, 0.1) is 0 Å². The van der Waals surface area contributed by atoms with Gasteiger partial charge in [-0.05, 0) is 31.4 Å². The molecule has 1 saturated carbocycles. The molecule has 1 aromatic heterocycles. The van der Waals surface area contributed by atoms with E-state index in [-0.39, 0.29) is 5.91 Å². The molecule has 0 radical (unpaired) electrons. The van der Waals surface area contributed by atoms with E-state index in [1.807, 2.05) is 25.1 Å². The Kier molecular flexibility index (Phi) is 6.17. The Morgan fingerprint density at radius 3 is 2.69 bits per heavy atom. The summed E-state index contributed by atoms with van der Waals surface area (Å²) in [6.45, 7) is 2.15. The minimum Gasteiger partial charge on any atom is -0.376 e. The van der Waals surface area contributed by atoms with E-state index in [4.69, 9.17) is 4.98 Å². The lowest BCUT2D eigenvalue weighted by molar-refractivity contribution is -0.116. The SMILES string of the molecule is CCCCCC(=O)Nc1cc2[nH]c(C3CCCCC3)nc2cc1N(C)C. The number of aromatic amines is 1. The fourth-order valence-corrected chi connectivity index (χ4v) is 3.85. The van der Waals surface area contributed by atoms with Gasteiger partial charge in [0.15, 0.2) is 0 Å². The van der Waals surface area contributed by atoms with Gasteiger partial charge < -0.3 is 15.2 Å². The number of H-pyrrole nitrogens is 1. The second kappa shape index (κ2) is 8.56. The molecule has 0 aliphatic heterocycles. The maximum Gasteiger partial charge on any atom is 0.224 e. The van der Waals surface area contributed by atoms with Crippen LogP contribution in [0.1, 0.15) is 76.5 Å². The van der Waals surface area contributed by atoms with Crippen LogP contribution in [0.5, 0.6) is 0 Å². The van der Waals surface area contributed by atoms with Gasteiger partial charge in [-0.3, -0.25) is 4.79 Å². The molecule has 0 spiro atoms. The molecule has 142 valence electrons. The zero-order valence-electron chi connectivity index (χ0n) is 16.4. The number of benzene rings is 1. The van der Waals surface area contributed by atoms with E-state index in [1.165, 1.54) is 32.1 Å². The van der Waals surface area contributed by atoms with Gasteiger partial charge in [-0.25, -0.2) is 4.98 Å². The van der Waals surface area contributed by atoms with Crippen molar-refractivity contribution in [1.29, 1.82) is 0 Å². The topological polar surface area (TPSA) is 61.0 Å². The number of carbonyl (C=O) groups is 1. The molecule has 0 unspecified atom stereocenters. The fourth-order valence-electron chi connectivity index (χ4n) is 3.85. The molecule has 1 aliphatic carbocycles. The van der Waals surface area contributed by atoms with Crippen molar-refractivity contribution in [2.45, 2.75) is 70.6 Å². The van der Waals surface area contributed by atoms with Crippen molar-refractivity contribution >= 4 is 28.3 Å². The molecule has 0 bridgehead atoms. The molecule has 5 nitrogen and oxygen atoms in total. The first-order valence-electron chi connectivity index (χ1n) is 10.1. The fraction of sp³-hybridized carbons (Fsp3) is 0.619. The van der Waals surface area contributed by atoms with Crippen molar-refractivity contribution in [2.75, 3.05) is 24.3 Å². The third-order valence-electron chi connectivity index (χ3n) is 5.37. The number of carbonyl (C=O) groups excluding carboxylic acids is 1. The summed E-state index contributed by atoms with van der Waals surface area (Å²) >= 11 is 0. The zero-order valence-corrected chi connectivity index (χ0v) is 16.4. The first kappa shape index (κ1) is 18.7. The lowest BCUT2D eigenvalue weighted by Crippen LogP contribution is -2.16. The van der Waals surface area contributed by atoms with Gasteiger partial charge >= 0.3 is 0 Å². The number of nitrogens with one attached hydrogen (secondary N) is 2. The quantitative estimate of drug-likeness (QED) is 0.671. The van der Waals surface area contributed by atoms with E-state index in [1.54, 1.807) is 0 Å². The summed E-state index contributed by atoms with van der Waals surface area (Å²) in [4.78, 5) is 22.7. The summed E-state index contributed by atoms with van der Waals surface area (Å²) in [5.74, 6) is 1.75. The van der Waals surface area contributed by atoms with Crippen LogP contribution >= 0.6 is 0 Å². The number of anilines is 2. The third-order valence-corrected chi connectivity index (χ3v) is 5.37. The molecule has 1 amide bonds. The largest absolute Gasteiger partial charge is 0.376 e. The number of nitrogens with zero attached hydrogens (tertiary/aromatic N) is 2. The standard InChI is InChI=1S/C21H32N4O/c1-4-5-7-12-20(26)22-18-13-16-17(14-19(18)25(2)3)24-21(23-16)15-10-8-6-9-11-15/h13-15H,4-12H2,1-3H3,(H,22,26)(H,23,24). The molecule has 0 saturated heterocycles. The van der Waals surface area contributed by atoms with E-state index in [2.05, 4.69) is 23.3 Å². The van der Waals surface area contributed by atoms with Crippen molar-refractivity contribution in [3.05, 3.63) is 18.0 Å². The number of rotatable bonds is 7.